The first-order valence-corrected chi connectivity index (χ1v) is 8.50. The molecular weight excluding hydrogens is 320 g/mol. The number of benzene rings is 3. The highest BCUT2D eigenvalue weighted by Crippen LogP contribution is 2.32. The summed E-state index contributed by atoms with van der Waals surface area (Å²) in [6.07, 6.45) is 0. The van der Waals surface area contributed by atoms with Crippen molar-refractivity contribution in [3.05, 3.63) is 84.9 Å². The molecule has 0 spiro atoms. The quantitative estimate of drug-likeness (QED) is 0.503. The maximum absolute atomic E-state index is 6.13. The minimum absolute atomic E-state index is 0.454. The molecule has 2 aromatic heterocycles. The van der Waals surface area contributed by atoms with Crippen molar-refractivity contribution < 1.29 is 0 Å². The van der Waals surface area contributed by atoms with Gasteiger partial charge in [-0.2, -0.15) is 0 Å². The lowest BCUT2D eigenvalue weighted by atomic mass is 10.2. The van der Waals surface area contributed by atoms with Gasteiger partial charge in [0.05, 0.1) is 11.0 Å². The molecular formula is C22H16N4. The molecule has 0 atom stereocenters. The number of nitrogens with two attached hydrogens (primary N) is 1. The Bertz CT molecular complexity index is 1190. The van der Waals surface area contributed by atoms with E-state index in [-0.39, 0.29) is 0 Å². The van der Waals surface area contributed by atoms with E-state index in [1.807, 2.05) is 48.5 Å². The van der Waals surface area contributed by atoms with Crippen molar-refractivity contribution in [3.8, 4) is 17.2 Å². The second kappa shape index (κ2) is 5.70. The molecule has 0 aliphatic carbocycles. The van der Waals surface area contributed by atoms with E-state index in [4.69, 9.17) is 10.7 Å². The largest absolute Gasteiger partial charge is 0.384 e. The van der Waals surface area contributed by atoms with Crippen molar-refractivity contribution in [2.24, 2.45) is 0 Å². The average Bonchev–Trinajstić information content (AvgIpc) is 3.03. The van der Waals surface area contributed by atoms with Gasteiger partial charge in [-0.05, 0) is 12.1 Å². The number of fused-ring (bicyclic) bond motifs is 3. The smallest absolute Gasteiger partial charge is 0.163 e. The van der Waals surface area contributed by atoms with E-state index in [1.54, 1.807) is 0 Å². The normalized spacial score (nSPS) is 11.2. The summed E-state index contributed by atoms with van der Waals surface area (Å²) in [5, 5.41) is 2.39. The number of nitrogens with zero attached hydrogens (tertiary/aromatic N) is 3. The zero-order chi connectivity index (χ0) is 17.5. The predicted octanol–water partition coefficient (Wildman–Crippen LogP) is 4.82. The average molecular weight is 336 g/mol. The van der Waals surface area contributed by atoms with Crippen LogP contribution in [0.4, 0.5) is 5.82 Å². The van der Waals surface area contributed by atoms with Crippen LogP contribution in [-0.4, -0.2) is 14.5 Å². The molecule has 0 bridgehead atoms. The van der Waals surface area contributed by atoms with Crippen LogP contribution in [0, 0.1) is 0 Å². The summed E-state index contributed by atoms with van der Waals surface area (Å²) in [6.45, 7) is 0. The van der Waals surface area contributed by atoms with Crippen LogP contribution < -0.4 is 5.73 Å². The van der Waals surface area contributed by atoms with E-state index in [1.165, 1.54) is 10.8 Å². The molecule has 0 aliphatic rings. The molecule has 0 aliphatic heterocycles. The fourth-order valence-electron chi connectivity index (χ4n) is 3.45. The van der Waals surface area contributed by atoms with Gasteiger partial charge in [-0.1, -0.05) is 66.7 Å². The summed E-state index contributed by atoms with van der Waals surface area (Å²) in [4.78, 5) is 9.25. The first-order valence-electron chi connectivity index (χ1n) is 8.50. The number of anilines is 1. The number of hydrogen-bond acceptors (Lipinski definition) is 3. The van der Waals surface area contributed by atoms with Gasteiger partial charge in [0.2, 0.25) is 0 Å². The minimum atomic E-state index is 0.454. The second-order valence-corrected chi connectivity index (χ2v) is 6.21. The molecule has 3 aromatic carbocycles. The Morgan fingerprint density at radius 2 is 1.23 bits per heavy atom. The zero-order valence-corrected chi connectivity index (χ0v) is 14.0. The molecule has 0 unspecified atom stereocenters. The highest BCUT2D eigenvalue weighted by Gasteiger charge is 2.14. The van der Waals surface area contributed by atoms with Crippen LogP contribution in [0.2, 0.25) is 0 Å². The lowest BCUT2D eigenvalue weighted by Crippen LogP contribution is -2.03. The third-order valence-corrected chi connectivity index (χ3v) is 4.57. The number of para-hydroxylation sites is 2. The van der Waals surface area contributed by atoms with Crippen LogP contribution in [-0.2, 0) is 0 Å². The Balaban J connectivity index is 1.84. The summed E-state index contributed by atoms with van der Waals surface area (Å²) in [5.41, 5.74) is 9.28. The van der Waals surface area contributed by atoms with Gasteiger partial charge in [0.25, 0.3) is 0 Å². The van der Waals surface area contributed by atoms with Gasteiger partial charge in [0.15, 0.2) is 5.82 Å². The van der Waals surface area contributed by atoms with E-state index in [0.717, 1.165) is 22.4 Å². The van der Waals surface area contributed by atoms with Crippen molar-refractivity contribution in [2.45, 2.75) is 0 Å². The van der Waals surface area contributed by atoms with Gasteiger partial charge in [-0.15, -0.1) is 0 Å². The van der Waals surface area contributed by atoms with Crippen LogP contribution in [0.25, 0.3) is 39.0 Å². The molecule has 4 nitrogen and oxygen atoms in total. The van der Waals surface area contributed by atoms with E-state index in [2.05, 4.69) is 45.9 Å². The number of nitrogen functional groups attached to an aromatic ring is 1. The molecule has 5 aromatic rings. The summed E-state index contributed by atoms with van der Waals surface area (Å²) >= 11 is 0. The van der Waals surface area contributed by atoms with Crippen molar-refractivity contribution in [1.82, 2.24) is 14.5 Å². The molecule has 5 rings (SSSR count). The zero-order valence-electron chi connectivity index (χ0n) is 14.0. The third-order valence-electron chi connectivity index (χ3n) is 4.57. The fraction of sp³-hybridized carbons (Fsp3) is 0. The highest BCUT2D eigenvalue weighted by atomic mass is 15.1. The molecule has 0 saturated carbocycles. The summed E-state index contributed by atoms with van der Waals surface area (Å²) < 4.78 is 2.15. The first-order chi connectivity index (χ1) is 12.8. The van der Waals surface area contributed by atoms with Crippen molar-refractivity contribution in [2.75, 3.05) is 5.73 Å². The third kappa shape index (κ3) is 2.24. The van der Waals surface area contributed by atoms with Crippen LogP contribution in [0.15, 0.2) is 84.9 Å². The van der Waals surface area contributed by atoms with Gasteiger partial charge in [-0.25, -0.2) is 9.97 Å². The first kappa shape index (κ1) is 14.7. The van der Waals surface area contributed by atoms with Gasteiger partial charge < -0.3 is 5.73 Å². The Morgan fingerprint density at radius 3 is 1.88 bits per heavy atom. The van der Waals surface area contributed by atoms with E-state index < -0.39 is 0 Å². The molecule has 124 valence electrons. The summed E-state index contributed by atoms with van der Waals surface area (Å²) in [5.74, 6) is 1.85. The molecule has 26 heavy (non-hydrogen) atoms. The van der Waals surface area contributed by atoms with E-state index in [0.29, 0.717) is 11.6 Å². The summed E-state index contributed by atoms with van der Waals surface area (Å²) in [6, 6.07) is 28.4. The Hall–Kier alpha value is -3.66. The lowest BCUT2D eigenvalue weighted by molar-refractivity contribution is 1.05. The van der Waals surface area contributed by atoms with Crippen LogP contribution in [0.5, 0.6) is 0 Å². The van der Waals surface area contributed by atoms with E-state index >= 15 is 0 Å². The SMILES string of the molecule is Nc1cc(-n2c3ccccc3c3ccccc32)nc(-c2ccccc2)n1. The molecule has 4 heteroatoms. The molecule has 0 fully saturated rings. The van der Waals surface area contributed by atoms with Crippen molar-refractivity contribution in [1.29, 1.82) is 0 Å². The highest BCUT2D eigenvalue weighted by molar-refractivity contribution is 6.09. The number of hydrogen-bond donors (Lipinski definition) is 1. The second-order valence-electron chi connectivity index (χ2n) is 6.21. The standard InChI is InChI=1S/C22H16N4/c23-20-14-21(25-22(24-20)15-8-2-1-3-9-15)26-18-12-6-4-10-16(18)17-11-5-7-13-19(17)26/h1-14H,(H2,23,24,25). The van der Waals surface area contributed by atoms with Gasteiger partial charge in [-0.3, -0.25) is 4.57 Å². The van der Waals surface area contributed by atoms with Gasteiger partial charge in [0, 0.05) is 22.4 Å². The van der Waals surface area contributed by atoms with Gasteiger partial charge in [0.1, 0.15) is 11.6 Å². The van der Waals surface area contributed by atoms with Gasteiger partial charge >= 0.3 is 0 Å². The maximum Gasteiger partial charge on any atom is 0.163 e. The Morgan fingerprint density at radius 1 is 0.654 bits per heavy atom. The van der Waals surface area contributed by atoms with Crippen LogP contribution >= 0.6 is 0 Å². The lowest BCUT2D eigenvalue weighted by Gasteiger charge is -2.10. The molecule has 2 heterocycles. The van der Waals surface area contributed by atoms with Crippen LogP contribution in [0.3, 0.4) is 0 Å². The Labute approximate surface area is 150 Å². The molecule has 0 radical (unpaired) electrons. The predicted molar refractivity (Wildman–Crippen MR) is 106 cm³/mol. The maximum atomic E-state index is 6.13. The molecule has 2 N–H and O–H groups in total. The fourth-order valence-corrected chi connectivity index (χ4v) is 3.45. The minimum Gasteiger partial charge on any atom is -0.384 e. The Kier molecular flexibility index (Phi) is 3.22. The van der Waals surface area contributed by atoms with Crippen molar-refractivity contribution >= 4 is 27.6 Å². The molecule has 0 amide bonds. The van der Waals surface area contributed by atoms with Crippen LogP contribution in [0.1, 0.15) is 0 Å². The monoisotopic (exact) mass is 336 g/mol. The number of rotatable bonds is 2. The molecule has 0 saturated heterocycles. The van der Waals surface area contributed by atoms with E-state index in [9.17, 15) is 0 Å². The van der Waals surface area contributed by atoms with Crippen molar-refractivity contribution in [3.63, 3.8) is 0 Å². The number of aromatic nitrogens is 3. The summed E-state index contributed by atoms with van der Waals surface area (Å²) in [7, 11) is 0. The topological polar surface area (TPSA) is 56.7 Å².